The van der Waals surface area contributed by atoms with Gasteiger partial charge in [0.05, 0.1) is 18.0 Å². The summed E-state index contributed by atoms with van der Waals surface area (Å²) in [7, 11) is 0. The van der Waals surface area contributed by atoms with Gasteiger partial charge < -0.3 is 0 Å². The Labute approximate surface area is 55.1 Å². The molecule has 50 valence electrons. The second kappa shape index (κ2) is 2.31. The quantitative estimate of drug-likeness (QED) is 0.600. The molecular weight excluding hydrogens is 150 g/mol. The highest BCUT2D eigenvalue weighted by Gasteiger charge is 2.07. The molecule has 0 aliphatic rings. The van der Waals surface area contributed by atoms with Crippen molar-refractivity contribution in [3.8, 4) is 0 Å². The Bertz CT molecular complexity index is 198. The first-order valence-electron chi connectivity index (χ1n) is 2.19. The van der Waals surface area contributed by atoms with E-state index < -0.39 is 6.43 Å². The van der Waals surface area contributed by atoms with E-state index in [1.165, 1.54) is 0 Å². The van der Waals surface area contributed by atoms with Gasteiger partial charge in [-0.3, -0.25) is 0 Å². The molecule has 1 heterocycles. The van der Waals surface area contributed by atoms with E-state index >= 15 is 0 Å². The van der Waals surface area contributed by atoms with Crippen molar-refractivity contribution < 1.29 is 8.78 Å². The molecule has 5 heteroatoms. The molecule has 0 N–H and O–H groups in total. The third-order valence-corrected chi connectivity index (χ3v) is 1.01. The molecule has 0 saturated heterocycles. The molecule has 0 aliphatic heterocycles. The van der Waals surface area contributed by atoms with Gasteiger partial charge >= 0.3 is 0 Å². The van der Waals surface area contributed by atoms with E-state index in [1.807, 2.05) is 0 Å². The summed E-state index contributed by atoms with van der Waals surface area (Å²) in [6.45, 7) is 0. The predicted molar refractivity (Wildman–Crippen MR) is 28.4 cm³/mol. The molecule has 0 aromatic carbocycles. The topological polar surface area (TPSA) is 17.8 Å². The zero-order valence-electron chi connectivity index (χ0n) is 4.26. The molecule has 0 unspecified atom stereocenters. The minimum atomic E-state index is -2.49. The van der Waals surface area contributed by atoms with Crippen molar-refractivity contribution in [1.29, 1.82) is 0 Å². The van der Waals surface area contributed by atoms with Crippen LogP contribution in [0.4, 0.5) is 8.78 Å². The number of hydrogen-bond donors (Lipinski definition) is 0. The largest absolute Gasteiger partial charge is 0.266 e. The first-order chi connectivity index (χ1) is 4.20. The molecule has 1 aromatic rings. The zero-order chi connectivity index (χ0) is 6.85. The lowest BCUT2D eigenvalue weighted by atomic mass is 10.4. The lowest BCUT2D eigenvalue weighted by Crippen LogP contribution is -1.77. The highest BCUT2D eigenvalue weighted by molar-refractivity contribution is 6.14. The first kappa shape index (κ1) is 6.48. The molecule has 1 rings (SSSR count). The summed E-state index contributed by atoms with van der Waals surface area (Å²) < 4.78 is 24.2. The van der Waals surface area contributed by atoms with Crippen LogP contribution in [0.15, 0.2) is 12.4 Å². The molecule has 0 bridgehead atoms. The van der Waals surface area contributed by atoms with E-state index in [0.29, 0.717) is 0 Å². The fourth-order valence-electron chi connectivity index (χ4n) is 0.424. The highest BCUT2D eigenvalue weighted by Crippen LogP contribution is 2.16. The lowest BCUT2D eigenvalue weighted by molar-refractivity contribution is 0.151. The maximum absolute atomic E-state index is 11.7. The van der Waals surface area contributed by atoms with Crippen LogP contribution in [0, 0.1) is 0 Å². The van der Waals surface area contributed by atoms with Crippen molar-refractivity contribution in [3.63, 3.8) is 0 Å². The van der Waals surface area contributed by atoms with E-state index in [9.17, 15) is 8.78 Å². The molecule has 0 spiro atoms. The monoisotopic (exact) mass is 152 g/mol. The number of hydrogen-bond acceptors (Lipinski definition) is 1. The van der Waals surface area contributed by atoms with Crippen LogP contribution >= 0.6 is 11.8 Å². The summed E-state index contributed by atoms with van der Waals surface area (Å²) in [5, 5.41) is 3.34. The molecule has 0 atom stereocenters. The Hall–Kier alpha value is -0.640. The van der Waals surface area contributed by atoms with Crippen LogP contribution in [0.5, 0.6) is 0 Å². The van der Waals surface area contributed by atoms with Crippen LogP contribution in [-0.4, -0.2) is 9.30 Å². The number of aromatic nitrogens is 2. The SMILES string of the molecule is FC(F)c1cnn(Cl)c1. The van der Waals surface area contributed by atoms with Crippen molar-refractivity contribution in [2.45, 2.75) is 6.43 Å². The predicted octanol–water partition coefficient (Wildman–Crippen LogP) is 1.82. The molecule has 2 nitrogen and oxygen atoms in total. The minimum absolute atomic E-state index is 0.162. The van der Waals surface area contributed by atoms with Crippen molar-refractivity contribution in [3.05, 3.63) is 18.0 Å². The maximum Gasteiger partial charge on any atom is 0.266 e. The van der Waals surface area contributed by atoms with E-state index in [1.54, 1.807) is 0 Å². The van der Waals surface area contributed by atoms with E-state index in [0.717, 1.165) is 16.6 Å². The number of rotatable bonds is 1. The average Bonchev–Trinajstić information content (AvgIpc) is 2.14. The van der Waals surface area contributed by atoms with Gasteiger partial charge in [-0.25, -0.2) is 8.78 Å². The normalized spacial score (nSPS) is 10.7. The lowest BCUT2D eigenvalue weighted by Gasteiger charge is -1.86. The van der Waals surface area contributed by atoms with E-state index in [-0.39, 0.29) is 5.56 Å². The Morgan fingerprint density at radius 1 is 1.67 bits per heavy atom. The zero-order valence-corrected chi connectivity index (χ0v) is 5.02. The Balaban J connectivity index is 2.85. The van der Waals surface area contributed by atoms with Gasteiger partial charge in [-0.15, -0.1) is 0 Å². The smallest absolute Gasteiger partial charge is 0.205 e. The molecule has 9 heavy (non-hydrogen) atoms. The number of halogens is 3. The Morgan fingerprint density at radius 2 is 2.33 bits per heavy atom. The fourth-order valence-corrected chi connectivity index (χ4v) is 0.581. The van der Waals surface area contributed by atoms with Crippen LogP contribution in [0.3, 0.4) is 0 Å². The van der Waals surface area contributed by atoms with Crippen LogP contribution in [0.2, 0.25) is 0 Å². The Morgan fingerprint density at radius 3 is 2.56 bits per heavy atom. The second-order valence-electron chi connectivity index (χ2n) is 1.46. The molecule has 0 saturated carbocycles. The van der Waals surface area contributed by atoms with Crippen LogP contribution in [-0.2, 0) is 0 Å². The molecule has 0 radical (unpaired) electrons. The van der Waals surface area contributed by atoms with Gasteiger partial charge in [0.1, 0.15) is 0 Å². The molecule has 0 aliphatic carbocycles. The summed E-state index contributed by atoms with van der Waals surface area (Å²) in [4.78, 5) is 0. The molecule has 0 fully saturated rings. The molecular formula is C4H3ClF2N2. The van der Waals surface area contributed by atoms with E-state index in [2.05, 4.69) is 5.10 Å². The van der Waals surface area contributed by atoms with Gasteiger partial charge in [0.15, 0.2) is 0 Å². The third-order valence-electron chi connectivity index (χ3n) is 0.825. The van der Waals surface area contributed by atoms with Crippen LogP contribution in [0.1, 0.15) is 12.0 Å². The third kappa shape index (κ3) is 1.38. The molecule has 0 amide bonds. The van der Waals surface area contributed by atoms with Gasteiger partial charge in [0.25, 0.3) is 6.43 Å². The first-order valence-corrected chi connectivity index (χ1v) is 2.53. The van der Waals surface area contributed by atoms with Gasteiger partial charge in [-0.05, 0) is 0 Å². The summed E-state index contributed by atoms with van der Waals surface area (Å²) >= 11 is 5.18. The summed E-state index contributed by atoms with van der Waals surface area (Å²) in [6.07, 6.45) is -0.401. The van der Waals surface area contributed by atoms with Crippen molar-refractivity contribution in [1.82, 2.24) is 9.30 Å². The van der Waals surface area contributed by atoms with Gasteiger partial charge in [-0.1, -0.05) is 0 Å². The van der Waals surface area contributed by atoms with Crippen molar-refractivity contribution in [2.75, 3.05) is 0 Å². The number of alkyl halides is 2. The second-order valence-corrected chi connectivity index (χ2v) is 1.81. The summed E-state index contributed by atoms with van der Waals surface area (Å²) in [6, 6.07) is 0. The fraction of sp³-hybridized carbons (Fsp3) is 0.250. The highest BCUT2D eigenvalue weighted by atomic mass is 35.5. The van der Waals surface area contributed by atoms with Crippen LogP contribution in [0.25, 0.3) is 0 Å². The summed E-state index contributed by atoms with van der Waals surface area (Å²) in [5.74, 6) is 0. The van der Waals surface area contributed by atoms with Crippen LogP contribution < -0.4 is 0 Å². The minimum Gasteiger partial charge on any atom is -0.205 e. The standard InChI is InChI=1S/C4H3ClF2N2/c5-9-2-3(1-8-9)4(6)7/h1-2,4H. The van der Waals surface area contributed by atoms with Gasteiger partial charge in [0.2, 0.25) is 0 Å². The summed E-state index contributed by atoms with van der Waals surface area (Å²) in [5.41, 5.74) is -0.162. The maximum atomic E-state index is 11.7. The molecule has 1 aromatic heterocycles. The average molecular weight is 153 g/mol. The Kier molecular flexibility index (Phi) is 1.66. The van der Waals surface area contributed by atoms with Crippen molar-refractivity contribution >= 4 is 11.8 Å². The van der Waals surface area contributed by atoms with Gasteiger partial charge in [-0.2, -0.15) is 9.30 Å². The van der Waals surface area contributed by atoms with Gasteiger partial charge in [0, 0.05) is 11.8 Å². The van der Waals surface area contributed by atoms with Crippen molar-refractivity contribution in [2.24, 2.45) is 0 Å². The number of nitrogens with zero attached hydrogens (tertiary/aromatic N) is 2. The van der Waals surface area contributed by atoms with E-state index in [4.69, 9.17) is 11.8 Å².